The maximum absolute atomic E-state index is 12.3. The van der Waals surface area contributed by atoms with Crippen molar-refractivity contribution >= 4 is 33.7 Å². The van der Waals surface area contributed by atoms with Gasteiger partial charge in [0.1, 0.15) is 6.04 Å². The number of ether oxygens (including phenoxy) is 2. The van der Waals surface area contributed by atoms with Gasteiger partial charge in [-0.2, -0.15) is 5.10 Å². The van der Waals surface area contributed by atoms with Gasteiger partial charge in [0.25, 0.3) is 5.91 Å². The lowest BCUT2D eigenvalue weighted by Crippen LogP contribution is -2.36. The molecule has 0 aliphatic heterocycles. The summed E-state index contributed by atoms with van der Waals surface area (Å²) in [4.78, 5) is 12.3. The van der Waals surface area contributed by atoms with Gasteiger partial charge in [-0.05, 0) is 48.4 Å². The van der Waals surface area contributed by atoms with Crippen LogP contribution in [0, 0.1) is 0 Å². The maximum Gasteiger partial charge on any atom is 0.262 e. The van der Waals surface area contributed by atoms with Gasteiger partial charge in [-0.15, -0.1) is 0 Å². The molecule has 0 fully saturated rings. The van der Waals surface area contributed by atoms with E-state index in [2.05, 4.69) is 31.8 Å². The molecule has 1 atom stereocenters. The zero-order valence-electron chi connectivity index (χ0n) is 15.0. The van der Waals surface area contributed by atoms with Crippen LogP contribution in [0.4, 0.5) is 5.69 Å². The van der Waals surface area contributed by atoms with Crippen molar-refractivity contribution in [1.29, 1.82) is 0 Å². The number of hydrazone groups is 1. The second-order valence-corrected chi connectivity index (χ2v) is 6.38. The minimum Gasteiger partial charge on any atom is -0.493 e. The van der Waals surface area contributed by atoms with Gasteiger partial charge in [0.15, 0.2) is 11.5 Å². The molecule has 0 saturated heterocycles. The van der Waals surface area contributed by atoms with Gasteiger partial charge in [0.05, 0.1) is 20.4 Å². The number of hydrogen-bond donors (Lipinski definition) is 2. The quantitative estimate of drug-likeness (QED) is 0.503. The first-order chi connectivity index (χ1) is 12.6. The summed E-state index contributed by atoms with van der Waals surface area (Å²) in [5, 5.41) is 7.23. The van der Waals surface area contributed by atoms with Crippen LogP contribution in [0.25, 0.3) is 0 Å². The number of halogens is 1. The molecule has 0 unspecified atom stereocenters. The summed E-state index contributed by atoms with van der Waals surface area (Å²) in [7, 11) is 3.15. The van der Waals surface area contributed by atoms with Crippen LogP contribution in [-0.2, 0) is 4.79 Å². The molecule has 0 spiro atoms. The third kappa shape index (κ3) is 5.49. The van der Waals surface area contributed by atoms with E-state index in [0.29, 0.717) is 17.9 Å². The fraction of sp³-hybridized carbons (Fsp3) is 0.263. The van der Waals surface area contributed by atoms with Crippen LogP contribution in [0.3, 0.4) is 0 Å². The van der Waals surface area contributed by atoms with Crippen LogP contribution in [0.5, 0.6) is 11.5 Å². The van der Waals surface area contributed by atoms with Gasteiger partial charge in [0, 0.05) is 10.2 Å². The summed E-state index contributed by atoms with van der Waals surface area (Å²) < 4.78 is 11.4. The van der Waals surface area contributed by atoms with Crippen molar-refractivity contribution in [2.24, 2.45) is 5.10 Å². The minimum absolute atomic E-state index is 0.204. The summed E-state index contributed by atoms with van der Waals surface area (Å²) in [5.74, 6) is 1.03. The molecule has 2 aromatic rings. The summed E-state index contributed by atoms with van der Waals surface area (Å²) in [5.41, 5.74) is 4.22. The Morgan fingerprint density at radius 1 is 1.19 bits per heavy atom. The van der Waals surface area contributed by atoms with Gasteiger partial charge in [0.2, 0.25) is 0 Å². The Morgan fingerprint density at radius 3 is 2.62 bits per heavy atom. The van der Waals surface area contributed by atoms with E-state index in [1.165, 1.54) is 0 Å². The predicted molar refractivity (Wildman–Crippen MR) is 107 cm³/mol. The average molecular weight is 420 g/mol. The van der Waals surface area contributed by atoms with Crippen LogP contribution in [-0.4, -0.2) is 32.4 Å². The number of rotatable bonds is 8. The van der Waals surface area contributed by atoms with E-state index in [9.17, 15) is 4.79 Å². The highest BCUT2D eigenvalue weighted by atomic mass is 79.9. The number of nitrogens with zero attached hydrogens (tertiary/aromatic N) is 1. The van der Waals surface area contributed by atoms with Crippen molar-refractivity contribution in [3.8, 4) is 11.5 Å². The van der Waals surface area contributed by atoms with Crippen molar-refractivity contribution in [2.75, 3.05) is 19.5 Å². The van der Waals surface area contributed by atoms with Gasteiger partial charge in [-0.1, -0.05) is 28.9 Å². The van der Waals surface area contributed by atoms with Gasteiger partial charge < -0.3 is 14.8 Å². The van der Waals surface area contributed by atoms with E-state index in [4.69, 9.17) is 9.47 Å². The second kappa shape index (κ2) is 9.82. The number of benzene rings is 2. The molecule has 7 heteroatoms. The average Bonchev–Trinajstić information content (AvgIpc) is 2.65. The molecule has 2 aromatic carbocycles. The van der Waals surface area contributed by atoms with Crippen LogP contribution in [0.2, 0.25) is 0 Å². The Balaban J connectivity index is 1.98. The molecule has 0 saturated carbocycles. The first-order valence-electron chi connectivity index (χ1n) is 8.14. The van der Waals surface area contributed by atoms with E-state index in [0.717, 1.165) is 15.7 Å². The van der Waals surface area contributed by atoms with Crippen molar-refractivity contribution < 1.29 is 14.3 Å². The third-order valence-electron chi connectivity index (χ3n) is 3.69. The Kier molecular flexibility index (Phi) is 7.47. The normalized spacial score (nSPS) is 11.8. The molecule has 0 bridgehead atoms. The van der Waals surface area contributed by atoms with E-state index in [1.807, 2.05) is 37.3 Å². The molecule has 0 aliphatic carbocycles. The molecule has 0 aromatic heterocycles. The van der Waals surface area contributed by atoms with Gasteiger partial charge >= 0.3 is 0 Å². The largest absolute Gasteiger partial charge is 0.493 e. The van der Waals surface area contributed by atoms with Crippen molar-refractivity contribution in [1.82, 2.24) is 5.43 Å². The van der Waals surface area contributed by atoms with E-state index in [-0.39, 0.29) is 11.9 Å². The summed E-state index contributed by atoms with van der Waals surface area (Å²) >= 11 is 3.42. The molecule has 138 valence electrons. The highest BCUT2D eigenvalue weighted by molar-refractivity contribution is 9.10. The number of anilines is 1. The van der Waals surface area contributed by atoms with E-state index < -0.39 is 0 Å². The molecule has 0 radical (unpaired) electrons. The maximum atomic E-state index is 12.3. The standard InChI is InChI=1S/C19H22BrN3O3/c1-4-16(22-15-7-5-6-14(20)11-15)19(24)23-21-12-13-8-9-17(25-2)18(10-13)26-3/h5-12,16,22H,4H2,1-3H3,(H,23,24)/b21-12-/t16-/m0/s1. The first-order valence-corrected chi connectivity index (χ1v) is 8.93. The molecule has 6 nitrogen and oxygen atoms in total. The smallest absolute Gasteiger partial charge is 0.262 e. The number of carbonyl (C=O) groups excluding carboxylic acids is 1. The van der Waals surface area contributed by atoms with Crippen LogP contribution in [0.1, 0.15) is 18.9 Å². The molecule has 0 heterocycles. The molecule has 2 N–H and O–H groups in total. The highest BCUT2D eigenvalue weighted by Crippen LogP contribution is 2.26. The Bertz CT molecular complexity index is 780. The topological polar surface area (TPSA) is 72.0 Å². The predicted octanol–water partition coefficient (Wildman–Crippen LogP) is 3.81. The summed E-state index contributed by atoms with van der Waals surface area (Å²) in [6.07, 6.45) is 2.19. The molecular formula is C19H22BrN3O3. The lowest BCUT2D eigenvalue weighted by atomic mass is 10.2. The zero-order chi connectivity index (χ0) is 18.9. The van der Waals surface area contributed by atoms with Crippen LogP contribution < -0.4 is 20.2 Å². The van der Waals surface area contributed by atoms with Crippen molar-refractivity contribution in [3.63, 3.8) is 0 Å². The van der Waals surface area contributed by atoms with Gasteiger partial charge in [-0.25, -0.2) is 5.43 Å². The van der Waals surface area contributed by atoms with Crippen LogP contribution in [0.15, 0.2) is 52.0 Å². The number of amides is 1. The molecule has 2 rings (SSSR count). The summed E-state index contributed by atoms with van der Waals surface area (Å²) in [6, 6.07) is 12.7. The number of nitrogens with one attached hydrogen (secondary N) is 2. The lowest BCUT2D eigenvalue weighted by Gasteiger charge is -2.16. The molecular weight excluding hydrogens is 398 g/mol. The van der Waals surface area contributed by atoms with Crippen molar-refractivity contribution in [3.05, 3.63) is 52.5 Å². The third-order valence-corrected chi connectivity index (χ3v) is 4.18. The van der Waals surface area contributed by atoms with Crippen molar-refractivity contribution in [2.45, 2.75) is 19.4 Å². The van der Waals surface area contributed by atoms with E-state index in [1.54, 1.807) is 32.6 Å². The monoisotopic (exact) mass is 419 g/mol. The Morgan fingerprint density at radius 2 is 1.96 bits per heavy atom. The van der Waals surface area contributed by atoms with E-state index >= 15 is 0 Å². The number of methoxy groups -OCH3 is 2. The fourth-order valence-electron chi connectivity index (χ4n) is 2.31. The van der Waals surface area contributed by atoms with Crippen LogP contribution >= 0.6 is 15.9 Å². The SMILES string of the molecule is CC[C@H](Nc1cccc(Br)c1)C(=O)N/N=C\c1ccc(OC)c(OC)c1. The number of hydrogen-bond acceptors (Lipinski definition) is 5. The number of carbonyl (C=O) groups is 1. The minimum atomic E-state index is -0.383. The highest BCUT2D eigenvalue weighted by Gasteiger charge is 2.15. The lowest BCUT2D eigenvalue weighted by molar-refractivity contribution is -0.121. The fourth-order valence-corrected chi connectivity index (χ4v) is 2.71. The first kappa shape index (κ1) is 19.8. The second-order valence-electron chi connectivity index (χ2n) is 5.46. The summed E-state index contributed by atoms with van der Waals surface area (Å²) in [6.45, 7) is 1.94. The zero-order valence-corrected chi connectivity index (χ0v) is 16.5. The molecule has 0 aliphatic rings. The molecule has 1 amide bonds. The van der Waals surface area contributed by atoms with Gasteiger partial charge in [-0.3, -0.25) is 4.79 Å². The Hall–Kier alpha value is -2.54. The molecule has 26 heavy (non-hydrogen) atoms. The Labute approximate surface area is 161 Å².